The maximum absolute atomic E-state index is 9.15. The number of benzene rings is 1. The second kappa shape index (κ2) is 5.85. The van der Waals surface area contributed by atoms with Crippen LogP contribution in [0.1, 0.15) is 24.6 Å². The van der Waals surface area contributed by atoms with Crippen LogP contribution in [0.2, 0.25) is 5.02 Å². The van der Waals surface area contributed by atoms with Gasteiger partial charge in [-0.15, -0.1) is 0 Å². The van der Waals surface area contributed by atoms with E-state index in [0.717, 1.165) is 18.7 Å². The van der Waals surface area contributed by atoms with Crippen molar-refractivity contribution in [2.45, 2.75) is 26.8 Å². The summed E-state index contributed by atoms with van der Waals surface area (Å²) in [5.74, 6) is 0.697. The van der Waals surface area contributed by atoms with E-state index >= 15 is 0 Å². The lowest BCUT2D eigenvalue weighted by atomic mass is 10.2. The lowest BCUT2D eigenvalue weighted by Gasteiger charge is -2.11. The van der Waals surface area contributed by atoms with Gasteiger partial charge in [0.2, 0.25) is 0 Å². The van der Waals surface area contributed by atoms with Gasteiger partial charge in [0.1, 0.15) is 6.07 Å². The first-order chi connectivity index (χ1) is 9.56. The van der Waals surface area contributed by atoms with Crippen molar-refractivity contribution in [3.8, 4) is 6.07 Å². The predicted molar refractivity (Wildman–Crippen MR) is 81.1 cm³/mol. The Bertz CT molecular complexity index is 669. The molecular weight excluding hydrogens is 274 g/mol. The third-order valence-electron chi connectivity index (χ3n) is 2.96. The van der Waals surface area contributed by atoms with Crippen molar-refractivity contribution in [1.29, 1.82) is 5.26 Å². The van der Waals surface area contributed by atoms with Gasteiger partial charge in [-0.2, -0.15) is 10.4 Å². The first-order valence-corrected chi connectivity index (χ1v) is 6.74. The SMILES string of the molecule is CCCn1nc(C)c(N)c1Nc1cc(Cl)ccc1C#N. The normalized spacial score (nSPS) is 10.3. The van der Waals surface area contributed by atoms with Crippen LogP contribution in [0.15, 0.2) is 18.2 Å². The van der Waals surface area contributed by atoms with E-state index in [1.54, 1.807) is 18.2 Å². The number of rotatable bonds is 4. The fourth-order valence-corrected chi connectivity index (χ4v) is 2.12. The number of hydrogen-bond donors (Lipinski definition) is 2. The molecule has 6 heteroatoms. The fourth-order valence-electron chi connectivity index (χ4n) is 1.95. The van der Waals surface area contributed by atoms with Gasteiger partial charge < -0.3 is 11.1 Å². The van der Waals surface area contributed by atoms with Crippen molar-refractivity contribution in [2.75, 3.05) is 11.1 Å². The lowest BCUT2D eigenvalue weighted by Crippen LogP contribution is -2.06. The highest BCUT2D eigenvalue weighted by Crippen LogP contribution is 2.29. The van der Waals surface area contributed by atoms with Crippen LogP contribution in [0.5, 0.6) is 0 Å². The third kappa shape index (κ3) is 2.70. The van der Waals surface area contributed by atoms with E-state index in [4.69, 9.17) is 22.6 Å². The minimum absolute atomic E-state index is 0.510. The number of halogens is 1. The van der Waals surface area contributed by atoms with Gasteiger partial charge in [-0.3, -0.25) is 0 Å². The minimum atomic E-state index is 0.510. The number of aromatic nitrogens is 2. The molecule has 0 bridgehead atoms. The summed E-state index contributed by atoms with van der Waals surface area (Å²) in [5.41, 5.74) is 8.54. The minimum Gasteiger partial charge on any atom is -0.394 e. The summed E-state index contributed by atoms with van der Waals surface area (Å²) in [7, 11) is 0. The number of aryl methyl sites for hydroxylation is 2. The van der Waals surface area contributed by atoms with Gasteiger partial charge in [-0.1, -0.05) is 18.5 Å². The zero-order chi connectivity index (χ0) is 14.7. The number of anilines is 3. The molecular formula is C14H16ClN5. The number of nitriles is 1. The Hall–Kier alpha value is -2.19. The zero-order valence-corrected chi connectivity index (χ0v) is 12.2. The van der Waals surface area contributed by atoms with Crippen LogP contribution in [0.3, 0.4) is 0 Å². The van der Waals surface area contributed by atoms with E-state index in [9.17, 15) is 0 Å². The summed E-state index contributed by atoms with van der Waals surface area (Å²) in [4.78, 5) is 0. The Morgan fingerprint density at radius 1 is 1.50 bits per heavy atom. The first-order valence-electron chi connectivity index (χ1n) is 6.36. The summed E-state index contributed by atoms with van der Waals surface area (Å²) < 4.78 is 1.81. The van der Waals surface area contributed by atoms with E-state index in [0.29, 0.717) is 27.8 Å². The highest BCUT2D eigenvalue weighted by Gasteiger charge is 2.14. The molecule has 0 aliphatic heterocycles. The molecule has 104 valence electrons. The molecule has 1 aromatic carbocycles. The molecule has 2 aromatic rings. The average molecular weight is 290 g/mol. The van der Waals surface area contributed by atoms with Crippen molar-refractivity contribution in [1.82, 2.24) is 9.78 Å². The molecule has 0 radical (unpaired) electrons. The largest absolute Gasteiger partial charge is 0.394 e. The molecule has 0 saturated carbocycles. The molecule has 0 spiro atoms. The van der Waals surface area contributed by atoms with Gasteiger partial charge in [0, 0.05) is 11.6 Å². The predicted octanol–water partition coefficient (Wildman–Crippen LogP) is 3.45. The van der Waals surface area contributed by atoms with E-state index < -0.39 is 0 Å². The molecule has 0 saturated heterocycles. The van der Waals surface area contributed by atoms with E-state index in [1.807, 2.05) is 11.6 Å². The van der Waals surface area contributed by atoms with Gasteiger partial charge >= 0.3 is 0 Å². The first kappa shape index (κ1) is 14.2. The maximum atomic E-state index is 9.15. The van der Waals surface area contributed by atoms with Crippen molar-refractivity contribution >= 4 is 28.8 Å². The van der Waals surface area contributed by atoms with Crippen LogP contribution in [0.25, 0.3) is 0 Å². The third-order valence-corrected chi connectivity index (χ3v) is 3.20. The number of hydrogen-bond acceptors (Lipinski definition) is 4. The number of nitrogens with zero attached hydrogens (tertiary/aromatic N) is 3. The molecule has 0 atom stereocenters. The van der Waals surface area contributed by atoms with E-state index in [1.165, 1.54) is 0 Å². The number of nitrogens with one attached hydrogen (secondary N) is 1. The summed E-state index contributed by atoms with van der Waals surface area (Å²) in [6.07, 6.45) is 0.940. The topological polar surface area (TPSA) is 79.7 Å². The summed E-state index contributed by atoms with van der Waals surface area (Å²) >= 11 is 5.98. The van der Waals surface area contributed by atoms with Crippen molar-refractivity contribution in [3.63, 3.8) is 0 Å². The van der Waals surface area contributed by atoms with Gasteiger partial charge in [0.25, 0.3) is 0 Å². The summed E-state index contributed by atoms with van der Waals surface area (Å²) in [5, 5.41) is 17.3. The number of nitrogens with two attached hydrogens (primary N) is 1. The maximum Gasteiger partial charge on any atom is 0.152 e. The molecule has 0 unspecified atom stereocenters. The van der Waals surface area contributed by atoms with Crippen LogP contribution in [-0.4, -0.2) is 9.78 Å². The second-order valence-corrected chi connectivity index (χ2v) is 4.93. The monoisotopic (exact) mass is 289 g/mol. The summed E-state index contributed by atoms with van der Waals surface area (Å²) in [6, 6.07) is 7.19. The molecule has 0 aliphatic rings. The van der Waals surface area contributed by atoms with Gasteiger partial charge in [0.15, 0.2) is 5.82 Å². The van der Waals surface area contributed by atoms with Gasteiger partial charge in [-0.05, 0) is 31.5 Å². The fraction of sp³-hybridized carbons (Fsp3) is 0.286. The van der Waals surface area contributed by atoms with Crippen molar-refractivity contribution in [2.24, 2.45) is 0 Å². The molecule has 0 aliphatic carbocycles. The summed E-state index contributed by atoms with van der Waals surface area (Å²) in [6.45, 7) is 4.68. The molecule has 0 amide bonds. The molecule has 1 aromatic heterocycles. The standard InChI is InChI=1S/C14H16ClN5/c1-3-6-20-14(13(17)9(2)19-20)18-12-7-11(15)5-4-10(12)8-16/h4-5,7,18H,3,6,17H2,1-2H3. The molecule has 0 fully saturated rings. The quantitative estimate of drug-likeness (QED) is 0.903. The van der Waals surface area contributed by atoms with Crippen LogP contribution in [-0.2, 0) is 6.54 Å². The molecule has 5 nitrogen and oxygen atoms in total. The van der Waals surface area contributed by atoms with Gasteiger partial charge in [-0.25, -0.2) is 4.68 Å². The Kier molecular flexibility index (Phi) is 4.16. The molecule has 20 heavy (non-hydrogen) atoms. The zero-order valence-electron chi connectivity index (χ0n) is 11.4. The highest BCUT2D eigenvalue weighted by molar-refractivity contribution is 6.30. The van der Waals surface area contributed by atoms with Crippen LogP contribution < -0.4 is 11.1 Å². The van der Waals surface area contributed by atoms with Crippen LogP contribution in [0.4, 0.5) is 17.2 Å². The molecule has 2 rings (SSSR count). The Morgan fingerprint density at radius 3 is 2.90 bits per heavy atom. The molecule has 3 N–H and O–H groups in total. The Labute approximate surface area is 123 Å². The van der Waals surface area contributed by atoms with E-state index in [-0.39, 0.29) is 0 Å². The lowest BCUT2D eigenvalue weighted by molar-refractivity contribution is 0.605. The Balaban J connectivity index is 2.44. The Morgan fingerprint density at radius 2 is 2.25 bits per heavy atom. The smallest absolute Gasteiger partial charge is 0.152 e. The van der Waals surface area contributed by atoms with Crippen molar-refractivity contribution < 1.29 is 0 Å². The van der Waals surface area contributed by atoms with Gasteiger partial charge in [0.05, 0.1) is 22.6 Å². The highest BCUT2D eigenvalue weighted by atomic mass is 35.5. The number of nitrogen functional groups attached to an aromatic ring is 1. The molecule has 1 heterocycles. The average Bonchev–Trinajstić information content (AvgIpc) is 2.67. The van der Waals surface area contributed by atoms with Crippen LogP contribution in [0, 0.1) is 18.3 Å². The van der Waals surface area contributed by atoms with Crippen LogP contribution >= 0.6 is 11.6 Å². The second-order valence-electron chi connectivity index (χ2n) is 4.50. The van der Waals surface area contributed by atoms with E-state index in [2.05, 4.69) is 23.4 Å². The van der Waals surface area contributed by atoms with Crippen molar-refractivity contribution in [3.05, 3.63) is 34.5 Å².